The van der Waals surface area contributed by atoms with Crippen LogP contribution in [0, 0.1) is 10.1 Å². The molecule has 0 bridgehead atoms. The fourth-order valence-corrected chi connectivity index (χ4v) is 2.24. The summed E-state index contributed by atoms with van der Waals surface area (Å²) in [5, 5.41) is 18.1. The predicted octanol–water partition coefficient (Wildman–Crippen LogP) is 2.09. The first kappa shape index (κ1) is 20.4. The molecule has 0 aliphatic carbocycles. The molecule has 10 heteroatoms. The van der Waals surface area contributed by atoms with Crippen molar-refractivity contribution in [2.45, 2.75) is 6.92 Å². The number of nitrogens with one attached hydrogen (secondary N) is 2. The van der Waals surface area contributed by atoms with Crippen molar-refractivity contribution in [2.75, 3.05) is 19.0 Å². The molecule has 0 radical (unpaired) electrons. The van der Waals surface area contributed by atoms with Crippen molar-refractivity contribution >= 4 is 29.5 Å². The molecule has 10 nitrogen and oxygen atoms in total. The molecule has 28 heavy (non-hydrogen) atoms. The largest absolute Gasteiger partial charge is 0.488 e. The Morgan fingerprint density at radius 1 is 1.21 bits per heavy atom. The van der Waals surface area contributed by atoms with Gasteiger partial charge in [0.25, 0.3) is 5.91 Å². The van der Waals surface area contributed by atoms with Crippen LogP contribution >= 0.6 is 0 Å². The third kappa shape index (κ3) is 5.53. The maximum atomic E-state index is 11.8. The van der Waals surface area contributed by atoms with E-state index in [1.54, 1.807) is 12.1 Å². The van der Waals surface area contributed by atoms with Crippen molar-refractivity contribution in [3.63, 3.8) is 0 Å². The van der Waals surface area contributed by atoms with Crippen molar-refractivity contribution in [3.8, 4) is 11.5 Å². The Morgan fingerprint density at radius 2 is 1.93 bits per heavy atom. The Labute approximate surface area is 160 Å². The van der Waals surface area contributed by atoms with E-state index in [0.717, 1.165) is 11.9 Å². The molecule has 0 saturated carbocycles. The molecule has 2 N–H and O–H groups in total. The van der Waals surface area contributed by atoms with Gasteiger partial charge in [0.1, 0.15) is 0 Å². The number of carbonyl (C=O) groups excluding carboxylic acids is 2. The Bertz CT molecular complexity index is 898. The second-order valence-electron chi connectivity index (χ2n) is 5.40. The summed E-state index contributed by atoms with van der Waals surface area (Å²) in [6, 6.07) is 11.8. The van der Waals surface area contributed by atoms with Crippen molar-refractivity contribution in [1.82, 2.24) is 5.43 Å². The van der Waals surface area contributed by atoms with E-state index in [9.17, 15) is 19.7 Å². The average molecular weight is 386 g/mol. The molecule has 0 unspecified atom stereocenters. The highest BCUT2D eigenvalue weighted by molar-refractivity contribution is 5.90. The molecule has 0 aromatic heterocycles. The number of para-hydroxylation sites is 1. The van der Waals surface area contributed by atoms with E-state index in [0.29, 0.717) is 0 Å². The average Bonchev–Trinajstić information content (AvgIpc) is 2.67. The lowest BCUT2D eigenvalue weighted by Crippen LogP contribution is -2.25. The van der Waals surface area contributed by atoms with Crippen LogP contribution in [0.5, 0.6) is 11.5 Å². The summed E-state index contributed by atoms with van der Waals surface area (Å²) in [7, 11) is 1.22. The smallest absolute Gasteiger partial charge is 0.323 e. The van der Waals surface area contributed by atoms with Gasteiger partial charge in [-0.3, -0.25) is 19.7 Å². The van der Waals surface area contributed by atoms with E-state index >= 15 is 0 Å². The number of hydrogen-bond acceptors (Lipinski definition) is 8. The third-order valence-corrected chi connectivity index (χ3v) is 3.39. The monoisotopic (exact) mass is 386 g/mol. The highest BCUT2D eigenvalue weighted by atomic mass is 16.6. The number of nitrogens with zero attached hydrogens (tertiary/aromatic N) is 2. The number of methoxy groups -OCH3 is 1. The summed E-state index contributed by atoms with van der Waals surface area (Å²) in [6.07, 6.45) is 1.11. The fourth-order valence-electron chi connectivity index (χ4n) is 2.24. The van der Waals surface area contributed by atoms with Crippen LogP contribution in [0.25, 0.3) is 0 Å². The van der Waals surface area contributed by atoms with Gasteiger partial charge >= 0.3 is 11.7 Å². The lowest BCUT2D eigenvalue weighted by Gasteiger charge is -2.09. The van der Waals surface area contributed by atoms with Crippen LogP contribution in [-0.2, 0) is 9.59 Å². The number of nitro benzene ring substituents is 1. The Balaban J connectivity index is 2.10. The molecule has 146 valence electrons. The molecule has 0 saturated heterocycles. The SMILES string of the molecule is COc1c(OC(C)=O)ccc(/C=N\NC(=O)CNc2ccccc2)c1[N+](=O)[O-]. The molecule has 0 aliphatic rings. The summed E-state index contributed by atoms with van der Waals surface area (Å²) in [5.74, 6) is -1.39. The molecule has 2 aromatic rings. The molecule has 0 fully saturated rings. The van der Waals surface area contributed by atoms with Crippen LogP contribution in [0.4, 0.5) is 11.4 Å². The zero-order chi connectivity index (χ0) is 20.5. The third-order valence-electron chi connectivity index (χ3n) is 3.39. The summed E-state index contributed by atoms with van der Waals surface area (Å²) < 4.78 is 9.92. The van der Waals surface area contributed by atoms with Crippen molar-refractivity contribution in [3.05, 3.63) is 58.1 Å². The molecule has 0 spiro atoms. The summed E-state index contributed by atoms with van der Waals surface area (Å²) in [5.41, 5.74) is 2.66. The second kappa shape index (κ2) is 9.67. The van der Waals surface area contributed by atoms with Gasteiger partial charge in [-0.05, 0) is 24.3 Å². The first-order valence-electron chi connectivity index (χ1n) is 8.07. The molecule has 2 aromatic carbocycles. The van der Waals surface area contributed by atoms with Gasteiger partial charge in [0.05, 0.1) is 30.4 Å². The van der Waals surface area contributed by atoms with Gasteiger partial charge in [0, 0.05) is 12.6 Å². The van der Waals surface area contributed by atoms with E-state index in [-0.39, 0.29) is 23.6 Å². The van der Waals surface area contributed by atoms with Crippen LogP contribution in [0.2, 0.25) is 0 Å². The lowest BCUT2D eigenvalue weighted by molar-refractivity contribution is -0.385. The van der Waals surface area contributed by atoms with Gasteiger partial charge in [0.2, 0.25) is 5.75 Å². The number of hydrazone groups is 1. The van der Waals surface area contributed by atoms with Gasteiger partial charge in [-0.2, -0.15) is 5.10 Å². The van der Waals surface area contributed by atoms with Gasteiger partial charge in [-0.25, -0.2) is 5.43 Å². The lowest BCUT2D eigenvalue weighted by atomic mass is 10.1. The fraction of sp³-hybridized carbons (Fsp3) is 0.167. The van der Waals surface area contributed by atoms with Crippen molar-refractivity contribution in [1.29, 1.82) is 0 Å². The Kier molecular flexibility index (Phi) is 7.03. The van der Waals surface area contributed by atoms with Crippen LogP contribution in [0.15, 0.2) is 47.6 Å². The van der Waals surface area contributed by atoms with E-state index in [2.05, 4.69) is 15.8 Å². The Hall–Kier alpha value is -3.95. The number of nitro groups is 1. The zero-order valence-corrected chi connectivity index (χ0v) is 15.2. The Morgan fingerprint density at radius 3 is 2.54 bits per heavy atom. The highest BCUT2D eigenvalue weighted by Gasteiger charge is 2.25. The molecular weight excluding hydrogens is 368 g/mol. The van der Waals surface area contributed by atoms with E-state index in [1.165, 1.54) is 26.2 Å². The molecule has 0 aliphatic heterocycles. The molecule has 2 rings (SSSR count). The van der Waals surface area contributed by atoms with Gasteiger partial charge < -0.3 is 14.8 Å². The van der Waals surface area contributed by atoms with Gasteiger partial charge in [-0.1, -0.05) is 18.2 Å². The highest BCUT2D eigenvalue weighted by Crippen LogP contribution is 2.39. The van der Waals surface area contributed by atoms with Crippen molar-refractivity contribution in [2.24, 2.45) is 5.10 Å². The number of anilines is 1. The van der Waals surface area contributed by atoms with Crippen LogP contribution in [0.3, 0.4) is 0 Å². The van der Waals surface area contributed by atoms with Crippen LogP contribution in [-0.4, -0.2) is 36.7 Å². The van der Waals surface area contributed by atoms with E-state index < -0.39 is 22.5 Å². The van der Waals surface area contributed by atoms with Crippen molar-refractivity contribution < 1.29 is 24.0 Å². The first-order chi connectivity index (χ1) is 13.4. The number of rotatable bonds is 8. The van der Waals surface area contributed by atoms with E-state index in [1.807, 2.05) is 18.2 Å². The summed E-state index contributed by atoms with van der Waals surface area (Å²) in [6.45, 7) is 1.14. The first-order valence-corrected chi connectivity index (χ1v) is 8.07. The minimum Gasteiger partial charge on any atom is -0.488 e. The number of benzene rings is 2. The minimum absolute atomic E-state index is 0.0296. The van der Waals surface area contributed by atoms with Crippen LogP contribution in [0.1, 0.15) is 12.5 Å². The minimum atomic E-state index is -0.689. The summed E-state index contributed by atoms with van der Waals surface area (Å²) >= 11 is 0. The molecule has 1 amide bonds. The molecular formula is C18H18N4O6. The molecule has 0 atom stereocenters. The number of ether oxygens (including phenoxy) is 2. The number of esters is 1. The number of carbonyl (C=O) groups is 2. The van der Waals surface area contributed by atoms with Crippen LogP contribution < -0.4 is 20.2 Å². The van der Waals surface area contributed by atoms with Gasteiger partial charge in [0.15, 0.2) is 5.75 Å². The quantitative estimate of drug-likeness (QED) is 0.233. The van der Waals surface area contributed by atoms with Gasteiger partial charge in [-0.15, -0.1) is 0 Å². The number of amides is 1. The molecule has 0 heterocycles. The normalized spacial score (nSPS) is 10.4. The maximum Gasteiger partial charge on any atom is 0.323 e. The second-order valence-corrected chi connectivity index (χ2v) is 5.40. The summed E-state index contributed by atoms with van der Waals surface area (Å²) in [4.78, 5) is 33.7. The topological polar surface area (TPSA) is 132 Å². The maximum absolute atomic E-state index is 11.8. The van der Waals surface area contributed by atoms with E-state index in [4.69, 9.17) is 9.47 Å². The number of hydrogen-bond donors (Lipinski definition) is 2. The standard InChI is InChI=1S/C18H18N4O6/c1-12(23)28-15-9-8-13(17(22(25)26)18(15)27-2)10-20-21-16(24)11-19-14-6-4-3-5-7-14/h3-10,19H,11H2,1-2H3,(H,21,24)/b20-10-. The predicted molar refractivity (Wildman–Crippen MR) is 102 cm³/mol. The zero-order valence-electron chi connectivity index (χ0n) is 15.2.